The standard InChI is InChI=1S/C19H33NO4/c1-6-17(22-5)18(7-2)24-12-9-10-20-11-13-23-16(15-20)14-19(4,21)8-3/h6-7,16,21H,1-2,8-15H2,3-5H3. The lowest BCUT2D eigenvalue weighted by atomic mass is 9.95. The Morgan fingerprint density at radius 2 is 2.08 bits per heavy atom. The molecule has 0 amide bonds. The summed E-state index contributed by atoms with van der Waals surface area (Å²) in [5, 5.41) is 10.2. The van der Waals surface area contributed by atoms with Gasteiger partial charge in [0.1, 0.15) is 0 Å². The van der Waals surface area contributed by atoms with Crippen LogP contribution in [0.2, 0.25) is 0 Å². The van der Waals surface area contributed by atoms with Gasteiger partial charge in [-0.05, 0) is 31.9 Å². The average Bonchev–Trinajstić information content (AvgIpc) is 2.57. The quantitative estimate of drug-likeness (QED) is 0.356. The summed E-state index contributed by atoms with van der Waals surface area (Å²) in [7, 11) is 1.59. The van der Waals surface area contributed by atoms with Crippen molar-refractivity contribution >= 4 is 0 Å². The molecule has 5 heteroatoms. The normalized spacial score (nSPS) is 22.2. The zero-order valence-corrected chi connectivity index (χ0v) is 15.4. The Hall–Kier alpha value is -1.30. The van der Waals surface area contributed by atoms with Gasteiger partial charge in [-0.15, -0.1) is 0 Å². The Kier molecular flexibility index (Phi) is 9.11. The number of morpholine rings is 1. The molecule has 2 unspecified atom stereocenters. The topological polar surface area (TPSA) is 51.2 Å². The Balaban J connectivity index is 2.36. The van der Waals surface area contributed by atoms with E-state index < -0.39 is 5.60 Å². The number of methoxy groups -OCH3 is 1. The van der Waals surface area contributed by atoms with Gasteiger partial charge in [0.15, 0.2) is 11.5 Å². The summed E-state index contributed by atoms with van der Waals surface area (Å²) in [4.78, 5) is 2.37. The predicted molar refractivity (Wildman–Crippen MR) is 96.7 cm³/mol. The minimum absolute atomic E-state index is 0.0964. The molecule has 0 aromatic heterocycles. The summed E-state index contributed by atoms with van der Waals surface area (Å²) in [5.41, 5.74) is -0.651. The van der Waals surface area contributed by atoms with E-state index >= 15 is 0 Å². The molecule has 138 valence electrons. The molecule has 0 spiro atoms. The lowest BCUT2D eigenvalue weighted by Crippen LogP contribution is -2.46. The first-order valence-electron chi connectivity index (χ1n) is 8.68. The second-order valence-corrected chi connectivity index (χ2v) is 6.39. The molecule has 1 N–H and O–H groups in total. The Labute approximate surface area is 146 Å². The third-order valence-corrected chi connectivity index (χ3v) is 4.36. The monoisotopic (exact) mass is 339 g/mol. The second kappa shape index (κ2) is 10.5. The van der Waals surface area contributed by atoms with Gasteiger partial charge >= 0.3 is 0 Å². The summed E-state index contributed by atoms with van der Waals surface area (Å²) in [5.74, 6) is 1.21. The smallest absolute Gasteiger partial charge is 0.160 e. The number of allylic oxidation sites excluding steroid dienone is 2. The van der Waals surface area contributed by atoms with Crippen LogP contribution in [0.15, 0.2) is 36.8 Å². The van der Waals surface area contributed by atoms with E-state index in [2.05, 4.69) is 18.1 Å². The molecule has 2 atom stereocenters. The molecule has 1 fully saturated rings. The van der Waals surface area contributed by atoms with E-state index in [0.29, 0.717) is 31.2 Å². The summed E-state index contributed by atoms with van der Waals surface area (Å²) in [6.07, 6.45) is 5.67. The van der Waals surface area contributed by atoms with Crippen molar-refractivity contribution < 1.29 is 19.3 Å². The molecular weight excluding hydrogens is 306 g/mol. The van der Waals surface area contributed by atoms with Gasteiger partial charge in [-0.2, -0.15) is 0 Å². The van der Waals surface area contributed by atoms with Crippen LogP contribution in [-0.4, -0.2) is 61.7 Å². The molecule has 1 aliphatic heterocycles. The molecule has 0 radical (unpaired) electrons. The van der Waals surface area contributed by atoms with Crippen molar-refractivity contribution in [1.82, 2.24) is 4.90 Å². The molecule has 5 nitrogen and oxygen atoms in total. The fraction of sp³-hybridized carbons (Fsp3) is 0.684. The molecule has 1 saturated heterocycles. The molecule has 1 aliphatic rings. The van der Waals surface area contributed by atoms with Crippen LogP contribution in [0.3, 0.4) is 0 Å². The number of hydrogen-bond acceptors (Lipinski definition) is 5. The highest BCUT2D eigenvalue weighted by Gasteiger charge is 2.28. The number of hydrogen-bond donors (Lipinski definition) is 1. The van der Waals surface area contributed by atoms with Crippen LogP contribution in [0, 0.1) is 0 Å². The molecule has 1 heterocycles. The molecule has 0 aromatic carbocycles. The van der Waals surface area contributed by atoms with Gasteiger partial charge in [0.2, 0.25) is 0 Å². The second-order valence-electron chi connectivity index (χ2n) is 6.39. The van der Waals surface area contributed by atoms with Crippen molar-refractivity contribution in [3.63, 3.8) is 0 Å². The van der Waals surface area contributed by atoms with E-state index in [1.54, 1.807) is 19.3 Å². The van der Waals surface area contributed by atoms with Crippen LogP contribution in [0.1, 0.15) is 33.1 Å². The zero-order chi connectivity index (χ0) is 18.0. The van der Waals surface area contributed by atoms with Crippen molar-refractivity contribution in [2.45, 2.75) is 44.8 Å². The number of nitrogens with zero attached hydrogens (tertiary/aromatic N) is 1. The molecule has 0 aliphatic carbocycles. The van der Waals surface area contributed by atoms with Gasteiger partial charge in [-0.25, -0.2) is 0 Å². The maximum atomic E-state index is 10.2. The maximum Gasteiger partial charge on any atom is 0.160 e. The van der Waals surface area contributed by atoms with Gasteiger partial charge in [-0.1, -0.05) is 20.1 Å². The third-order valence-electron chi connectivity index (χ3n) is 4.36. The molecular formula is C19H33NO4. The van der Waals surface area contributed by atoms with Gasteiger partial charge in [-0.3, -0.25) is 4.90 Å². The summed E-state index contributed by atoms with van der Waals surface area (Å²) >= 11 is 0. The van der Waals surface area contributed by atoms with Crippen LogP contribution in [0.5, 0.6) is 0 Å². The molecule has 1 rings (SSSR count). The van der Waals surface area contributed by atoms with Gasteiger partial charge in [0, 0.05) is 26.1 Å². The van der Waals surface area contributed by atoms with Gasteiger partial charge in [0.25, 0.3) is 0 Å². The highest BCUT2D eigenvalue weighted by Crippen LogP contribution is 2.20. The van der Waals surface area contributed by atoms with Gasteiger partial charge in [0.05, 0.1) is 32.0 Å². The third kappa shape index (κ3) is 7.07. The lowest BCUT2D eigenvalue weighted by molar-refractivity contribution is -0.0745. The minimum atomic E-state index is -0.651. The molecule has 0 aromatic rings. The first-order valence-corrected chi connectivity index (χ1v) is 8.68. The van der Waals surface area contributed by atoms with E-state index in [1.807, 2.05) is 13.8 Å². The van der Waals surface area contributed by atoms with Crippen LogP contribution in [-0.2, 0) is 14.2 Å². The number of aliphatic hydroxyl groups is 1. The van der Waals surface area contributed by atoms with Gasteiger partial charge < -0.3 is 19.3 Å². The SMILES string of the molecule is C=CC(OC)=C(C=C)OCCCN1CCOC(CC(C)(O)CC)C1. The summed E-state index contributed by atoms with van der Waals surface area (Å²) in [6.45, 7) is 15.3. The molecule has 0 saturated carbocycles. The van der Waals surface area contributed by atoms with Crippen molar-refractivity contribution in [2.24, 2.45) is 0 Å². The van der Waals surface area contributed by atoms with E-state index in [4.69, 9.17) is 14.2 Å². The van der Waals surface area contributed by atoms with Crippen molar-refractivity contribution in [3.05, 3.63) is 36.8 Å². The van der Waals surface area contributed by atoms with Crippen LogP contribution < -0.4 is 0 Å². The summed E-state index contributed by atoms with van der Waals surface area (Å²) < 4.78 is 16.7. The average molecular weight is 339 g/mol. The van der Waals surface area contributed by atoms with Crippen LogP contribution >= 0.6 is 0 Å². The van der Waals surface area contributed by atoms with E-state index in [0.717, 1.165) is 32.5 Å². The number of ether oxygens (including phenoxy) is 3. The fourth-order valence-corrected chi connectivity index (χ4v) is 2.73. The van der Waals surface area contributed by atoms with Crippen molar-refractivity contribution in [2.75, 3.05) is 40.0 Å². The predicted octanol–water partition coefficient (Wildman–Crippen LogP) is 2.88. The highest BCUT2D eigenvalue weighted by molar-refractivity contribution is 5.21. The van der Waals surface area contributed by atoms with Crippen molar-refractivity contribution in [3.8, 4) is 0 Å². The molecule has 0 bridgehead atoms. The Bertz CT molecular complexity index is 431. The van der Waals surface area contributed by atoms with E-state index in [1.165, 1.54) is 0 Å². The fourth-order valence-electron chi connectivity index (χ4n) is 2.73. The minimum Gasteiger partial charge on any atom is -0.493 e. The Morgan fingerprint density at radius 3 is 2.67 bits per heavy atom. The largest absolute Gasteiger partial charge is 0.493 e. The maximum absolute atomic E-state index is 10.2. The number of rotatable bonds is 11. The first kappa shape index (κ1) is 20.7. The van der Waals surface area contributed by atoms with E-state index in [9.17, 15) is 5.11 Å². The lowest BCUT2D eigenvalue weighted by Gasteiger charge is -2.36. The first-order chi connectivity index (χ1) is 11.5. The molecule has 24 heavy (non-hydrogen) atoms. The zero-order valence-electron chi connectivity index (χ0n) is 15.4. The Morgan fingerprint density at radius 1 is 1.38 bits per heavy atom. The highest BCUT2D eigenvalue weighted by atomic mass is 16.5. The summed E-state index contributed by atoms with van der Waals surface area (Å²) in [6, 6.07) is 0. The van der Waals surface area contributed by atoms with Crippen LogP contribution in [0.4, 0.5) is 0 Å². The van der Waals surface area contributed by atoms with Crippen molar-refractivity contribution in [1.29, 1.82) is 0 Å². The van der Waals surface area contributed by atoms with E-state index in [-0.39, 0.29) is 6.10 Å². The van der Waals surface area contributed by atoms with Crippen LogP contribution in [0.25, 0.3) is 0 Å².